The number of nitriles is 1. The van der Waals surface area contributed by atoms with Gasteiger partial charge in [0, 0.05) is 4.90 Å². The molecule has 1 fully saturated rings. The first-order valence-corrected chi connectivity index (χ1v) is 9.31. The highest BCUT2D eigenvalue weighted by molar-refractivity contribution is 7.98. The maximum Gasteiger partial charge on any atom is 0.340 e. The summed E-state index contributed by atoms with van der Waals surface area (Å²) in [5.74, 6) is -0.953. The number of carbonyl (C=O) groups excluding carboxylic acids is 2. The van der Waals surface area contributed by atoms with Crippen LogP contribution in [-0.2, 0) is 9.53 Å². The maximum atomic E-state index is 12.4. The van der Waals surface area contributed by atoms with E-state index in [4.69, 9.17) is 4.74 Å². The van der Waals surface area contributed by atoms with E-state index >= 15 is 0 Å². The maximum absolute atomic E-state index is 12.4. The number of ether oxygens (including phenoxy) is 1. The highest BCUT2D eigenvalue weighted by Gasteiger charge is 2.35. The van der Waals surface area contributed by atoms with E-state index in [1.54, 1.807) is 12.1 Å². The summed E-state index contributed by atoms with van der Waals surface area (Å²) in [6.07, 6.45) is 5.14. The van der Waals surface area contributed by atoms with Gasteiger partial charge in [-0.15, -0.1) is 11.8 Å². The van der Waals surface area contributed by atoms with Crippen LogP contribution in [0.5, 0.6) is 0 Å². The first-order chi connectivity index (χ1) is 11.5. The Morgan fingerprint density at radius 2 is 1.96 bits per heavy atom. The second-order valence-electron chi connectivity index (χ2n) is 5.99. The Hall–Kier alpha value is -2.00. The molecule has 0 heterocycles. The Morgan fingerprint density at radius 3 is 2.58 bits per heavy atom. The van der Waals surface area contributed by atoms with Gasteiger partial charge < -0.3 is 10.1 Å². The molecule has 128 valence electrons. The van der Waals surface area contributed by atoms with Crippen LogP contribution in [0.25, 0.3) is 0 Å². The molecule has 1 atom stereocenters. The topological polar surface area (TPSA) is 79.2 Å². The molecule has 0 bridgehead atoms. The van der Waals surface area contributed by atoms with Crippen LogP contribution < -0.4 is 5.32 Å². The van der Waals surface area contributed by atoms with Crippen LogP contribution in [0.15, 0.2) is 29.2 Å². The Kier molecular flexibility index (Phi) is 6.27. The van der Waals surface area contributed by atoms with Gasteiger partial charge in [-0.05, 0) is 38.2 Å². The van der Waals surface area contributed by atoms with Crippen molar-refractivity contribution in [2.75, 3.05) is 6.26 Å². The summed E-state index contributed by atoms with van der Waals surface area (Å²) in [6.45, 7) is 1.53. The lowest BCUT2D eigenvalue weighted by Gasteiger charge is -2.32. The average Bonchev–Trinajstić information content (AvgIpc) is 2.62. The second-order valence-corrected chi connectivity index (χ2v) is 6.84. The molecular formula is C18H22N2O3S. The normalized spacial score (nSPS) is 17.4. The van der Waals surface area contributed by atoms with Crippen molar-refractivity contribution in [3.05, 3.63) is 29.8 Å². The lowest BCUT2D eigenvalue weighted by atomic mass is 9.83. The molecule has 1 aliphatic carbocycles. The molecule has 1 amide bonds. The van der Waals surface area contributed by atoms with Gasteiger partial charge in [0.2, 0.25) is 0 Å². The van der Waals surface area contributed by atoms with Crippen LogP contribution in [0.4, 0.5) is 0 Å². The highest BCUT2D eigenvalue weighted by Crippen LogP contribution is 2.28. The van der Waals surface area contributed by atoms with Crippen LogP contribution >= 0.6 is 11.8 Å². The number of rotatable bonds is 5. The summed E-state index contributed by atoms with van der Waals surface area (Å²) in [6, 6.07) is 9.34. The average molecular weight is 346 g/mol. The molecule has 1 aromatic carbocycles. The van der Waals surface area contributed by atoms with Crippen LogP contribution in [0.2, 0.25) is 0 Å². The monoisotopic (exact) mass is 346 g/mol. The number of thioether (sulfide) groups is 1. The van der Waals surface area contributed by atoms with Gasteiger partial charge in [0.25, 0.3) is 5.91 Å². The number of nitrogens with zero attached hydrogens (tertiary/aromatic N) is 1. The summed E-state index contributed by atoms with van der Waals surface area (Å²) < 4.78 is 5.30. The van der Waals surface area contributed by atoms with E-state index in [-0.39, 0.29) is 0 Å². The van der Waals surface area contributed by atoms with E-state index in [9.17, 15) is 14.9 Å². The quantitative estimate of drug-likeness (QED) is 0.654. The predicted molar refractivity (Wildman–Crippen MR) is 92.7 cm³/mol. The van der Waals surface area contributed by atoms with Gasteiger partial charge in [-0.3, -0.25) is 4.79 Å². The SMILES string of the molecule is CSc1ccccc1C(=O)O[C@H](C)C(=O)NC1(C#N)CCCCC1. The molecule has 0 spiro atoms. The molecule has 0 aromatic heterocycles. The van der Waals surface area contributed by atoms with Crippen LogP contribution in [0.3, 0.4) is 0 Å². The molecule has 1 aliphatic rings. The largest absolute Gasteiger partial charge is 0.449 e. The zero-order chi connectivity index (χ0) is 17.6. The van der Waals surface area contributed by atoms with Crippen molar-refractivity contribution in [3.8, 4) is 6.07 Å². The van der Waals surface area contributed by atoms with E-state index in [1.807, 2.05) is 18.4 Å². The molecule has 0 radical (unpaired) electrons. The molecule has 0 saturated heterocycles. The number of carbonyl (C=O) groups is 2. The first kappa shape index (κ1) is 18.3. The van der Waals surface area contributed by atoms with Crippen molar-refractivity contribution in [2.45, 2.75) is 55.6 Å². The number of amides is 1. The zero-order valence-electron chi connectivity index (χ0n) is 14.0. The van der Waals surface area contributed by atoms with Crippen molar-refractivity contribution in [3.63, 3.8) is 0 Å². The Bertz CT molecular complexity index is 648. The molecule has 1 N–H and O–H groups in total. The summed E-state index contributed by atoms with van der Waals surface area (Å²) in [7, 11) is 0. The van der Waals surface area contributed by atoms with E-state index < -0.39 is 23.5 Å². The lowest BCUT2D eigenvalue weighted by Crippen LogP contribution is -2.52. The Balaban J connectivity index is 2.01. The third kappa shape index (κ3) is 4.30. The number of hydrogen-bond acceptors (Lipinski definition) is 5. The predicted octanol–water partition coefficient (Wildman–Crippen LogP) is 3.30. The highest BCUT2D eigenvalue weighted by atomic mass is 32.2. The van der Waals surface area contributed by atoms with Gasteiger partial charge in [0.05, 0.1) is 11.6 Å². The summed E-state index contributed by atoms with van der Waals surface area (Å²) in [4.78, 5) is 25.5. The van der Waals surface area contributed by atoms with Crippen LogP contribution in [0, 0.1) is 11.3 Å². The van der Waals surface area contributed by atoms with Gasteiger partial charge in [-0.25, -0.2) is 4.79 Å². The second kappa shape index (κ2) is 8.20. The standard InChI is InChI=1S/C18H22N2O3S/c1-13(16(21)20-18(12-19)10-6-3-7-11-18)23-17(22)14-8-4-5-9-15(14)24-2/h4-5,8-9,13H,3,6-7,10-11H2,1-2H3,(H,20,21)/t13-/m1/s1. The molecule has 24 heavy (non-hydrogen) atoms. The fourth-order valence-corrected chi connectivity index (χ4v) is 3.43. The minimum Gasteiger partial charge on any atom is -0.449 e. The van der Waals surface area contributed by atoms with Gasteiger partial charge in [0.1, 0.15) is 5.54 Å². The summed E-state index contributed by atoms with van der Waals surface area (Å²) >= 11 is 1.45. The van der Waals surface area contributed by atoms with E-state index in [0.717, 1.165) is 24.2 Å². The van der Waals surface area contributed by atoms with E-state index in [0.29, 0.717) is 18.4 Å². The van der Waals surface area contributed by atoms with Crippen LogP contribution in [0.1, 0.15) is 49.4 Å². The van der Waals surface area contributed by atoms with Crippen molar-refractivity contribution >= 4 is 23.6 Å². The first-order valence-electron chi connectivity index (χ1n) is 8.08. The molecule has 1 aromatic rings. The zero-order valence-corrected chi connectivity index (χ0v) is 14.8. The summed E-state index contributed by atoms with van der Waals surface area (Å²) in [5.41, 5.74) is -0.384. The van der Waals surface area contributed by atoms with E-state index in [1.165, 1.54) is 18.7 Å². The van der Waals surface area contributed by atoms with Crippen molar-refractivity contribution in [1.82, 2.24) is 5.32 Å². The minimum absolute atomic E-state index is 0.423. The number of esters is 1. The third-order valence-corrected chi connectivity index (χ3v) is 5.06. The van der Waals surface area contributed by atoms with Gasteiger partial charge in [-0.2, -0.15) is 5.26 Å². The van der Waals surface area contributed by atoms with Crippen molar-refractivity contribution in [2.24, 2.45) is 0 Å². The van der Waals surface area contributed by atoms with Gasteiger partial charge >= 0.3 is 5.97 Å². The smallest absolute Gasteiger partial charge is 0.340 e. The van der Waals surface area contributed by atoms with Gasteiger partial charge in [-0.1, -0.05) is 31.4 Å². The van der Waals surface area contributed by atoms with Gasteiger partial charge in [0.15, 0.2) is 6.10 Å². The third-order valence-electron chi connectivity index (χ3n) is 4.26. The lowest BCUT2D eigenvalue weighted by molar-refractivity contribution is -0.130. The van der Waals surface area contributed by atoms with E-state index in [2.05, 4.69) is 11.4 Å². The number of benzene rings is 1. The molecule has 5 nitrogen and oxygen atoms in total. The Labute approximate surface area is 146 Å². The van der Waals surface area contributed by atoms with Crippen molar-refractivity contribution < 1.29 is 14.3 Å². The van der Waals surface area contributed by atoms with Crippen molar-refractivity contribution in [1.29, 1.82) is 5.26 Å². The molecule has 6 heteroatoms. The number of hydrogen-bond donors (Lipinski definition) is 1. The summed E-state index contributed by atoms with van der Waals surface area (Å²) in [5, 5.41) is 12.2. The molecular weight excluding hydrogens is 324 g/mol. The fourth-order valence-electron chi connectivity index (χ4n) is 2.85. The fraction of sp³-hybridized carbons (Fsp3) is 0.500. The number of nitrogens with one attached hydrogen (secondary N) is 1. The molecule has 0 aliphatic heterocycles. The minimum atomic E-state index is -0.945. The van der Waals surface area contributed by atoms with Crippen LogP contribution in [-0.4, -0.2) is 29.8 Å². The Morgan fingerprint density at radius 1 is 1.29 bits per heavy atom. The molecule has 2 rings (SSSR count). The molecule has 0 unspecified atom stereocenters. The molecule has 1 saturated carbocycles.